The van der Waals surface area contributed by atoms with E-state index in [2.05, 4.69) is 9.97 Å². The van der Waals surface area contributed by atoms with Crippen molar-refractivity contribution >= 4 is 23.2 Å². The molecule has 84 valence electrons. The van der Waals surface area contributed by atoms with Gasteiger partial charge in [-0.15, -0.1) is 0 Å². The van der Waals surface area contributed by atoms with E-state index in [1.165, 1.54) is 12.4 Å². The van der Waals surface area contributed by atoms with Crippen molar-refractivity contribution in [1.82, 2.24) is 14.4 Å². The topological polar surface area (TPSA) is 93.5 Å². The number of imidazole rings is 1. The number of nitrogens with two attached hydrogens (primary N) is 1. The van der Waals surface area contributed by atoms with Crippen LogP contribution in [0.25, 0.3) is 5.65 Å². The van der Waals surface area contributed by atoms with Crippen LogP contribution in [-0.4, -0.2) is 32.0 Å². The second kappa shape index (κ2) is 4.07. The molecule has 0 spiro atoms. The van der Waals surface area contributed by atoms with Crippen LogP contribution in [0, 0.1) is 0 Å². The van der Waals surface area contributed by atoms with Crippen molar-refractivity contribution < 1.29 is 9.90 Å². The number of hydrogen-bond acceptors (Lipinski definition) is 4. The molecule has 7 heteroatoms. The molecule has 0 aromatic carbocycles. The van der Waals surface area contributed by atoms with Crippen molar-refractivity contribution in [3.8, 4) is 0 Å². The number of carboxylic acids is 1. The Bertz CT molecular complexity index is 539. The molecule has 2 aromatic rings. The molecule has 3 N–H and O–H groups in total. The van der Waals surface area contributed by atoms with Crippen LogP contribution < -0.4 is 5.73 Å². The highest BCUT2D eigenvalue weighted by atomic mass is 35.5. The van der Waals surface area contributed by atoms with Crippen LogP contribution in [-0.2, 0) is 4.79 Å². The lowest BCUT2D eigenvalue weighted by Gasteiger charge is -2.09. The van der Waals surface area contributed by atoms with Gasteiger partial charge in [0, 0.05) is 18.9 Å². The van der Waals surface area contributed by atoms with Crippen LogP contribution in [0.5, 0.6) is 0 Å². The summed E-state index contributed by atoms with van der Waals surface area (Å²) in [7, 11) is 0. The fourth-order valence-electron chi connectivity index (χ4n) is 1.48. The summed E-state index contributed by atoms with van der Waals surface area (Å²) < 4.78 is 1.56. The monoisotopic (exact) mass is 240 g/mol. The molecule has 16 heavy (non-hydrogen) atoms. The Morgan fingerprint density at radius 2 is 2.38 bits per heavy atom. The normalized spacial score (nSPS) is 12.9. The predicted octanol–water partition coefficient (Wildman–Crippen LogP) is 0.510. The molecule has 0 bridgehead atoms. The van der Waals surface area contributed by atoms with Crippen molar-refractivity contribution in [2.45, 2.75) is 5.92 Å². The predicted molar refractivity (Wildman–Crippen MR) is 57.4 cm³/mol. The fourth-order valence-corrected chi connectivity index (χ4v) is 1.67. The van der Waals surface area contributed by atoms with E-state index in [9.17, 15) is 4.79 Å². The molecule has 2 heterocycles. The first-order valence-corrected chi connectivity index (χ1v) is 4.93. The first-order chi connectivity index (χ1) is 7.65. The quantitative estimate of drug-likeness (QED) is 0.815. The molecule has 0 aliphatic rings. The molecule has 0 amide bonds. The average molecular weight is 241 g/mol. The van der Waals surface area contributed by atoms with Gasteiger partial charge < -0.3 is 10.8 Å². The smallest absolute Gasteiger partial charge is 0.314 e. The summed E-state index contributed by atoms with van der Waals surface area (Å²) in [5.74, 6) is -1.90. The van der Waals surface area contributed by atoms with Crippen molar-refractivity contribution in [1.29, 1.82) is 0 Å². The van der Waals surface area contributed by atoms with E-state index in [0.717, 1.165) is 0 Å². The molecule has 1 unspecified atom stereocenters. The van der Waals surface area contributed by atoms with Crippen LogP contribution in [0.1, 0.15) is 11.6 Å². The van der Waals surface area contributed by atoms with E-state index < -0.39 is 11.9 Å². The highest BCUT2D eigenvalue weighted by molar-refractivity contribution is 6.29. The van der Waals surface area contributed by atoms with Crippen molar-refractivity contribution in [2.24, 2.45) is 5.73 Å². The molecular formula is C9H9ClN4O2. The van der Waals surface area contributed by atoms with Gasteiger partial charge in [0.15, 0.2) is 5.65 Å². The van der Waals surface area contributed by atoms with Crippen molar-refractivity contribution in [3.05, 3.63) is 29.4 Å². The zero-order valence-corrected chi connectivity index (χ0v) is 8.92. The molecule has 2 aromatic heterocycles. The average Bonchev–Trinajstić information content (AvgIpc) is 2.62. The van der Waals surface area contributed by atoms with Gasteiger partial charge in [-0.3, -0.25) is 14.2 Å². The van der Waals surface area contributed by atoms with E-state index in [0.29, 0.717) is 16.5 Å². The van der Waals surface area contributed by atoms with Crippen LogP contribution in [0.2, 0.25) is 5.15 Å². The summed E-state index contributed by atoms with van der Waals surface area (Å²) in [6, 6.07) is 0. The number of hydrogen-bond donors (Lipinski definition) is 2. The summed E-state index contributed by atoms with van der Waals surface area (Å²) in [4.78, 5) is 19.0. The zero-order valence-electron chi connectivity index (χ0n) is 8.17. The number of aromatic nitrogens is 3. The van der Waals surface area contributed by atoms with Crippen LogP contribution >= 0.6 is 11.6 Å². The summed E-state index contributed by atoms with van der Waals surface area (Å²) >= 11 is 5.87. The lowest BCUT2D eigenvalue weighted by molar-refractivity contribution is -0.138. The van der Waals surface area contributed by atoms with E-state index in [1.54, 1.807) is 10.6 Å². The third-order valence-corrected chi connectivity index (χ3v) is 2.55. The van der Waals surface area contributed by atoms with Gasteiger partial charge in [0.05, 0.1) is 11.9 Å². The molecular weight excluding hydrogens is 232 g/mol. The largest absolute Gasteiger partial charge is 0.481 e. The first kappa shape index (κ1) is 10.8. The maximum absolute atomic E-state index is 11.0. The number of rotatable bonds is 3. The first-order valence-electron chi connectivity index (χ1n) is 4.55. The number of carboxylic acid groups (broad SMARTS) is 1. The third-order valence-electron chi connectivity index (χ3n) is 2.27. The zero-order chi connectivity index (χ0) is 11.7. The van der Waals surface area contributed by atoms with Crippen LogP contribution in [0.15, 0.2) is 18.6 Å². The van der Waals surface area contributed by atoms with E-state index in [-0.39, 0.29) is 6.54 Å². The summed E-state index contributed by atoms with van der Waals surface area (Å²) in [5, 5.41) is 9.41. The van der Waals surface area contributed by atoms with Gasteiger partial charge in [0.1, 0.15) is 11.1 Å². The van der Waals surface area contributed by atoms with Gasteiger partial charge in [-0.2, -0.15) is 0 Å². The maximum atomic E-state index is 11.0. The van der Waals surface area contributed by atoms with Crippen molar-refractivity contribution in [3.63, 3.8) is 0 Å². The van der Waals surface area contributed by atoms with Gasteiger partial charge in [0.2, 0.25) is 0 Å². The minimum atomic E-state index is -1.03. The molecule has 6 nitrogen and oxygen atoms in total. The van der Waals surface area contributed by atoms with Gasteiger partial charge >= 0.3 is 5.97 Å². The minimum absolute atomic E-state index is 0.0352. The third kappa shape index (κ3) is 1.62. The van der Waals surface area contributed by atoms with Gasteiger partial charge in [-0.1, -0.05) is 11.6 Å². The number of carbonyl (C=O) groups is 1. The summed E-state index contributed by atoms with van der Waals surface area (Å²) in [6.45, 7) is -0.0352. The Morgan fingerprint density at radius 1 is 1.62 bits per heavy atom. The Balaban J connectivity index is 2.63. The molecule has 1 atom stereocenters. The van der Waals surface area contributed by atoms with E-state index >= 15 is 0 Å². The second-order valence-electron chi connectivity index (χ2n) is 3.21. The summed E-state index contributed by atoms with van der Waals surface area (Å²) in [6.07, 6.45) is 4.53. The SMILES string of the molecule is NCC(C(=O)O)c1nccn2c(Cl)cnc12. The lowest BCUT2D eigenvalue weighted by atomic mass is 10.1. The standard InChI is InChI=1S/C9H9ClN4O2/c10-6-4-13-8-7(5(3-11)9(15)16)12-1-2-14(6)8/h1-2,4-5H,3,11H2,(H,15,16). The fraction of sp³-hybridized carbons (Fsp3) is 0.222. The number of aliphatic carboxylic acids is 1. The lowest BCUT2D eigenvalue weighted by Crippen LogP contribution is -2.23. The number of halogens is 1. The van der Waals surface area contributed by atoms with Crippen LogP contribution in [0.4, 0.5) is 0 Å². The summed E-state index contributed by atoms with van der Waals surface area (Å²) in [5.41, 5.74) is 6.16. The number of nitrogens with zero attached hydrogens (tertiary/aromatic N) is 3. The molecule has 0 radical (unpaired) electrons. The van der Waals surface area contributed by atoms with Crippen molar-refractivity contribution in [2.75, 3.05) is 6.54 Å². The minimum Gasteiger partial charge on any atom is -0.481 e. The second-order valence-corrected chi connectivity index (χ2v) is 3.60. The molecule has 0 fully saturated rings. The maximum Gasteiger partial charge on any atom is 0.314 e. The Labute approximate surface area is 95.7 Å². The van der Waals surface area contributed by atoms with Gasteiger partial charge in [-0.25, -0.2) is 4.98 Å². The molecule has 0 saturated carbocycles. The van der Waals surface area contributed by atoms with Crippen LogP contribution in [0.3, 0.4) is 0 Å². The van der Waals surface area contributed by atoms with Gasteiger partial charge in [-0.05, 0) is 0 Å². The molecule has 0 aliphatic carbocycles. The molecule has 2 rings (SSSR count). The Hall–Kier alpha value is -1.66. The van der Waals surface area contributed by atoms with Gasteiger partial charge in [0.25, 0.3) is 0 Å². The Kier molecular flexibility index (Phi) is 2.76. The number of fused-ring (bicyclic) bond motifs is 1. The highest BCUT2D eigenvalue weighted by Crippen LogP contribution is 2.20. The Morgan fingerprint density at radius 3 is 3.00 bits per heavy atom. The molecule has 0 saturated heterocycles. The van der Waals surface area contributed by atoms with E-state index in [4.69, 9.17) is 22.4 Å². The van der Waals surface area contributed by atoms with E-state index in [1.807, 2.05) is 0 Å². The highest BCUT2D eigenvalue weighted by Gasteiger charge is 2.23. The molecule has 0 aliphatic heterocycles.